The van der Waals surface area contributed by atoms with E-state index < -0.39 is 12.0 Å². The molecule has 1 rings (SSSR count). The Labute approximate surface area is 106 Å². The van der Waals surface area contributed by atoms with Crippen molar-refractivity contribution in [3.63, 3.8) is 0 Å². The highest BCUT2D eigenvalue weighted by atomic mass is 16.4. The molecule has 0 fully saturated rings. The van der Waals surface area contributed by atoms with Gasteiger partial charge in [0, 0.05) is 17.5 Å². The number of rotatable bonds is 6. The highest BCUT2D eigenvalue weighted by Gasteiger charge is 2.19. The molecule has 0 spiro atoms. The minimum atomic E-state index is -0.998. The van der Waals surface area contributed by atoms with E-state index in [-0.39, 0.29) is 5.91 Å². The van der Waals surface area contributed by atoms with E-state index >= 15 is 0 Å². The first-order valence-corrected chi connectivity index (χ1v) is 6.01. The number of unbranched alkanes of at least 4 members (excludes halogenated alkanes) is 1. The summed E-state index contributed by atoms with van der Waals surface area (Å²) in [6.07, 6.45) is 3.65. The van der Waals surface area contributed by atoms with Gasteiger partial charge in [-0.05, 0) is 25.5 Å². The molecule has 0 aromatic carbocycles. The van der Waals surface area contributed by atoms with Crippen LogP contribution in [0.4, 0.5) is 0 Å². The molecule has 5 heteroatoms. The molecule has 0 bridgehead atoms. The molecule has 0 unspecified atom stereocenters. The van der Waals surface area contributed by atoms with Gasteiger partial charge in [0.1, 0.15) is 6.04 Å². The van der Waals surface area contributed by atoms with Crippen LogP contribution in [0.3, 0.4) is 0 Å². The predicted molar refractivity (Wildman–Crippen MR) is 67.4 cm³/mol. The first-order chi connectivity index (χ1) is 8.54. The number of carbonyl (C=O) groups is 2. The monoisotopic (exact) mass is 250 g/mol. The third kappa shape index (κ3) is 4.16. The lowest BCUT2D eigenvalue weighted by Crippen LogP contribution is -2.40. The molecule has 2 N–H and O–H groups in total. The largest absolute Gasteiger partial charge is 0.480 e. The standard InChI is InChI=1S/C13H18N2O3/c1-3-4-5-11(13(17)18)15-12(16)10-6-7-14-9(2)8-10/h6-8,11H,3-5H2,1-2H3,(H,15,16)(H,17,18)/t11-/m0/s1. The van der Waals surface area contributed by atoms with Crippen LogP contribution in [-0.2, 0) is 4.79 Å². The molecule has 0 aliphatic rings. The number of carboxylic acids is 1. The first-order valence-electron chi connectivity index (χ1n) is 6.01. The Morgan fingerprint density at radius 3 is 2.78 bits per heavy atom. The molecular weight excluding hydrogens is 232 g/mol. The average Bonchev–Trinajstić information content (AvgIpc) is 2.33. The number of nitrogens with zero attached hydrogens (tertiary/aromatic N) is 1. The lowest BCUT2D eigenvalue weighted by atomic mass is 10.1. The SMILES string of the molecule is CCCC[C@H](NC(=O)c1ccnc(C)c1)C(=O)O. The van der Waals surface area contributed by atoms with Crippen LogP contribution in [0.1, 0.15) is 42.2 Å². The van der Waals surface area contributed by atoms with Gasteiger partial charge in [-0.15, -0.1) is 0 Å². The zero-order valence-electron chi connectivity index (χ0n) is 10.6. The second-order valence-corrected chi connectivity index (χ2v) is 4.19. The summed E-state index contributed by atoms with van der Waals surface area (Å²) in [7, 11) is 0. The van der Waals surface area contributed by atoms with E-state index in [1.807, 2.05) is 6.92 Å². The summed E-state index contributed by atoms with van der Waals surface area (Å²) < 4.78 is 0. The van der Waals surface area contributed by atoms with Gasteiger partial charge < -0.3 is 10.4 Å². The van der Waals surface area contributed by atoms with Crippen molar-refractivity contribution in [2.45, 2.75) is 39.2 Å². The van der Waals surface area contributed by atoms with Gasteiger partial charge in [0.2, 0.25) is 0 Å². The van der Waals surface area contributed by atoms with E-state index in [4.69, 9.17) is 5.11 Å². The van der Waals surface area contributed by atoms with Crippen molar-refractivity contribution >= 4 is 11.9 Å². The Kier molecular flexibility index (Phi) is 5.30. The van der Waals surface area contributed by atoms with Crippen LogP contribution in [0, 0.1) is 6.92 Å². The van der Waals surface area contributed by atoms with Crippen molar-refractivity contribution < 1.29 is 14.7 Å². The molecule has 1 amide bonds. The molecule has 98 valence electrons. The van der Waals surface area contributed by atoms with Crippen LogP contribution in [0.15, 0.2) is 18.3 Å². The van der Waals surface area contributed by atoms with Crippen molar-refractivity contribution in [3.8, 4) is 0 Å². The molecule has 1 aromatic rings. The van der Waals surface area contributed by atoms with Gasteiger partial charge >= 0.3 is 5.97 Å². The maximum Gasteiger partial charge on any atom is 0.326 e. The summed E-state index contributed by atoms with van der Waals surface area (Å²) in [5.74, 6) is -1.37. The maximum absolute atomic E-state index is 11.9. The zero-order chi connectivity index (χ0) is 13.5. The number of nitrogens with one attached hydrogen (secondary N) is 1. The van der Waals surface area contributed by atoms with Crippen LogP contribution < -0.4 is 5.32 Å². The van der Waals surface area contributed by atoms with Crippen LogP contribution in [0.5, 0.6) is 0 Å². The van der Waals surface area contributed by atoms with Crippen molar-refractivity contribution in [1.82, 2.24) is 10.3 Å². The molecule has 0 saturated heterocycles. The van der Waals surface area contributed by atoms with Gasteiger partial charge in [0.05, 0.1) is 0 Å². The Bertz CT molecular complexity index is 432. The van der Waals surface area contributed by atoms with Crippen molar-refractivity contribution in [1.29, 1.82) is 0 Å². The summed E-state index contributed by atoms with van der Waals surface area (Å²) in [5, 5.41) is 11.6. The number of aryl methyl sites for hydroxylation is 1. The fourth-order valence-electron chi connectivity index (χ4n) is 1.59. The number of hydrogen-bond acceptors (Lipinski definition) is 3. The van der Waals surface area contributed by atoms with Crippen molar-refractivity contribution in [3.05, 3.63) is 29.6 Å². The summed E-state index contributed by atoms with van der Waals surface area (Å²) in [4.78, 5) is 26.9. The lowest BCUT2D eigenvalue weighted by Gasteiger charge is -2.14. The summed E-state index contributed by atoms with van der Waals surface area (Å²) >= 11 is 0. The lowest BCUT2D eigenvalue weighted by molar-refractivity contribution is -0.139. The molecule has 0 aliphatic carbocycles. The van der Waals surface area contributed by atoms with Crippen LogP contribution in [0.25, 0.3) is 0 Å². The fourth-order valence-corrected chi connectivity index (χ4v) is 1.59. The minimum Gasteiger partial charge on any atom is -0.480 e. The number of hydrogen-bond donors (Lipinski definition) is 2. The van der Waals surface area contributed by atoms with E-state index in [0.717, 1.165) is 18.5 Å². The second kappa shape index (κ2) is 6.74. The molecule has 0 saturated carbocycles. The number of pyridine rings is 1. The summed E-state index contributed by atoms with van der Waals surface area (Å²) in [6.45, 7) is 3.76. The molecule has 1 atom stereocenters. The van der Waals surface area contributed by atoms with Gasteiger partial charge in [-0.2, -0.15) is 0 Å². The van der Waals surface area contributed by atoms with E-state index in [1.165, 1.54) is 6.20 Å². The molecule has 18 heavy (non-hydrogen) atoms. The molecule has 1 heterocycles. The Hall–Kier alpha value is -1.91. The second-order valence-electron chi connectivity index (χ2n) is 4.19. The molecule has 1 aromatic heterocycles. The average molecular weight is 250 g/mol. The number of amides is 1. The summed E-state index contributed by atoms with van der Waals surface area (Å²) in [5.41, 5.74) is 1.16. The minimum absolute atomic E-state index is 0.371. The number of aromatic nitrogens is 1. The van der Waals surface area contributed by atoms with Gasteiger partial charge in [-0.1, -0.05) is 19.8 Å². The molecular formula is C13H18N2O3. The fraction of sp³-hybridized carbons (Fsp3) is 0.462. The first kappa shape index (κ1) is 14.2. The number of carbonyl (C=O) groups excluding carboxylic acids is 1. The normalized spacial score (nSPS) is 11.9. The zero-order valence-corrected chi connectivity index (χ0v) is 10.6. The van der Waals surface area contributed by atoms with Crippen LogP contribution in [0.2, 0.25) is 0 Å². The predicted octanol–water partition coefficient (Wildman–Crippen LogP) is 1.76. The maximum atomic E-state index is 11.9. The van der Waals surface area contributed by atoms with Crippen LogP contribution in [-0.4, -0.2) is 28.0 Å². The Balaban J connectivity index is 2.69. The Morgan fingerprint density at radius 2 is 2.22 bits per heavy atom. The van der Waals surface area contributed by atoms with Crippen molar-refractivity contribution in [2.75, 3.05) is 0 Å². The molecule has 0 aliphatic heterocycles. The number of aliphatic carboxylic acids is 1. The highest BCUT2D eigenvalue weighted by molar-refractivity contribution is 5.96. The number of carboxylic acid groups (broad SMARTS) is 1. The van der Waals surface area contributed by atoms with Gasteiger partial charge in [0.25, 0.3) is 5.91 Å². The van der Waals surface area contributed by atoms with Gasteiger partial charge in [-0.25, -0.2) is 4.79 Å². The van der Waals surface area contributed by atoms with E-state index in [1.54, 1.807) is 19.1 Å². The summed E-state index contributed by atoms with van der Waals surface area (Å²) in [6, 6.07) is 2.38. The third-order valence-electron chi connectivity index (χ3n) is 2.61. The smallest absolute Gasteiger partial charge is 0.326 e. The van der Waals surface area contributed by atoms with Gasteiger partial charge in [0.15, 0.2) is 0 Å². The van der Waals surface area contributed by atoms with E-state index in [9.17, 15) is 9.59 Å². The topological polar surface area (TPSA) is 79.3 Å². The molecule has 5 nitrogen and oxygen atoms in total. The highest BCUT2D eigenvalue weighted by Crippen LogP contribution is 2.05. The van der Waals surface area contributed by atoms with E-state index in [2.05, 4.69) is 10.3 Å². The third-order valence-corrected chi connectivity index (χ3v) is 2.61. The molecule has 0 radical (unpaired) electrons. The van der Waals surface area contributed by atoms with Gasteiger partial charge in [-0.3, -0.25) is 9.78 Å². The quantitative estimate of drug-likeness (QED) is 0.806. The van der Waals surface area contributed by atoms with Crippen LogP contribution >= 0.6 is 0 Å². The Morgan fingerprint density at radius 1 is 1.50 bits per heavy atom. The van der Waals surface area contributed by atoms with E-state index in [0.29, 0.717) is 12.0 Å². The van der Waals surface area contributed by atoms with Crippen molar-refractivity contribution in [2.24, 2.45) is 0 Å².